The number of rotatable bonds is 10. The first kappa shape index (κ1) is 18.6. The molecule has 0 aliphatic carbocycles. The van der Waals surface area contributed by atoms with Crippen LogP contribution in [0.15, 0.2) is 11.3 Å². The van der Waals surface area contributed by atoms with E-state index in [1.54, 1.807) is 0 Å². The van der Waals surface area contributed by atoms with Crippen LogP contribution in [0.4, 0.5) is 0 Å². The van der Waals surface area contributed by atoms with Crippen LogP contribution in [0.25, 0.3) is 0 Å². The van der Waals surface area contributed by atoms with Crippen LogP contribution < -0.4 is 0 Å². The number of allylic oxidation sites excluding steroid dienone is 1. The van der Waals surface area contributed by atoms with Crippen molar-refractivity contribution in [3.05, 3.63) is 11.3 Å². The molecule has 0 nitrogen and oxygen atoms in total. The molecule has 0 aromatic rings. The van der Waals surface area contributed by atoms with Crippen LogP contribution in [-0.2, 0) is 0 Å². The first-order valence-corrected chi connectivity index (χ1v) is 17.4. The van der Waals surface area contributed by atoms with Gasteiger partial charge in [-0.15, -0.1) is 5.70 Å². The first-order valence-electron chi connectivity index (χ1n) is 6.62. The first-order chi connectivity index (χ1) is 7.92. The number of hydrogen-bond acceptors (Lipinski definition) is 0. The number of unbranched alkanes of at least 4 members (excludes halogenated alkanes) is 5. The molecule has 0 aromatic heterocycles. The number of halogens is 3. The summed E-state index contributed by atoms with van der Waals surface area (Å²) < 4.78 is -1.32. The van der Waals surface area contributed by atoms with Crippen LogP contribution in [0.5, 0.6) is 0 Å². The lowest BCUT2D eigenvalue weighted by atomic mass is 10.1. The monoisotopic (exact) mass is 462 g/mol. The van der Waals surface area contributed by atoms with E-state index in [2.05, 4.69) is 65.4 Å². The maximum absolute atomic E-state index is 3.67. The fraction of sp³-hybridized carbons (Fsp3) is 0.833. The Labute approximate surface area is 134 Å². The van der Waals surface area contributed by atoms with Crippen molar-refractivity contribution in [2.24, 2.45) is 0 Å². The maximum atomic E-state index is 3.67. The zero-order valence-electron chi connectivity index (χ0n) is 11.1. The van der Waals surface area contributed by atoms with Crippen molar-refractivity contribution in [2.75, 3.05) is 0 Å². The van der Waals surface area contributed by atoms with Crippen molar-refractivity contribution < 1.29 is 0 Å². The summed E-state index contributed by atoms with van der Waals surface area (Å²) in [5.41, 5.74) is 4.01. The smallest absolute Gasteiger partial charge is 0.103 e. The van der Waals surface area contributed by atoms with E-state index in [-0.39, 0.29) is 9.52 Å². The molecule has 0 saturated carbocycles. The fourth-order valence-electron chi connectivity index (χ4n) is 1.74. The van der Waals surface area contributed by atoms with Gasteiger partial charge in [-0.2, -0.15) is 0 Å². The second kappa shape index (κ2) is 11.4. The summed E-state index contributed by atoms with van der Waals surface area (Å²) in [5.74, 6) is 0. The van der Waals surface area contributed by atoms with Crippen LogP contribution in [0.3, 0.4) is 0 Å². The molecule has 0 bridgehead atoms. The molecular formula is C12H25Br3Si2. The van der Waals surface area contributed by atoms with Gasteiger partial charge in [-0.1, -0.05) is 96.0 Å². The van der Waals surface area contributed by atoms with Crippen LogP contribution in [0, 0.1) is 0 Å². The predicted molar refractivity (Wildman–Crippen MR) is 97.8 cm³/mol. The minimum atomic E-state index is -1.32. The third kappa shape index (κ3) is 17.6. The lowest BCUT2D eigenvalue weighted by Gasteiger charge is -2.08. The summed E-state index contributed by atoms with van der Waals surface area (Å²) in [4.78, 5) is 0. The van der Waals surface area contributed by atoms with Gasteiger partial charge < -0.3 is 0 Å². The van der Waals surface area contributed by atoms with Crippen molar-refractivity contribution in [2.45, 2.75) is 64.5 Å². The van der Waals surface area contributed by atoms with Gasteiger partial charge in [0.25, 0.3) is 3.93 Å². The largest absolute Gasteiger partial charge is 0.267 e. The molecule has 0 rings (SSSR count). The highest BCUT2D eigenvalue weighted by Crippen LogP contribution is 2.33. The van der Waals surface area contributed by atoms with Crippen LogP contribution in [0.1, 0.15) is 52.4 Å². The normalized spacial score (nSPS) is 12.3. The van der Waals surface area contributed by atoms with E-state index < -0.39 is 3.93 Å². The third-order valence-corrected chi connectivity index (χ3v) is 9.22. The van der Waals surface area contributed by atoms with E-state index in [0.29, 0.717) is 0 Å². The molecule has 0 unspecified atom stereocenters. The quantitative estimate of drug-likeness (QED) is 0.212. The molecule has 102 valence electrons. The van der Waals surface area contributed by atoms with E-state index >= 15 is 0 Å². The molecule has 0 atom stereocenters. The van der Waals surface area contributed by atoms with Crippen molar-refractivity contribution in [3.63, 3.8) is 0 Å². The molecule has 17 heavy (non-hydrogen) atoms. The average Bonchev–Trinajstić information content (AvgIpc) is 2.18. The summed E-state index contributed by atoms with van der Waals surface area (Å²) in [7, 11) is 0.126. The Morgan fingerprint density at radius 1 is 0.941 bits per heavy atom. The summed E-state index contributed by atoms with van der Waals surface area (Å²) in [6.07, 6.45) is 8.50. The Bertz CT molecular complexity index is 208. The van der Waals surface area contributed by atoms with Gasteiger partial charge in [-0.25, -0.2) is 0 Å². The Hall–Kier alpha value is 1.61. The van der Waals surface area contributed by atoms with Crippen molar-refractivity contribution >= 4 is 59.3 Å². The predicted octanol–water partition coefficient (Wildman–Crippen LogP) is 5.96. The van der Waals surface area contributed by atoms with E-state index in [1.807, 2.05) is 0 Å². The van der Waals surface area contributed by atoms with Crippen molar-refractivity contribution in [3.8, 4) is 0 Å². The fourth-order valence-corrected chi connectivity index (χ4v) is 6.34. The lowest BCUT2D eigenvalue weighted by Crippen LogP contribution is -2.04. The molecule has 0 spiro atoms. The highest BCUT2D eigenvalue weighted by atomic mass is 80.0. The van der Waals surface area contributed by atoms with Gasteiger partial charge in [-0.3, -0.25) is 0 Å². The summed E-state index contributed by atoms with van der Waals surface area (Å²) in [6.45, 7) is 4.43. The Morgan fingerprint density at radius 3 is 2.00 bits per heavy atom. The zero-order valence-corrected chi connectivity index (χ0v) is 18.2. The van der Waals surface area contributed by atoms with Gasteiger partial charge in [0.05, 0.1) is 0 Å². The van der Waals surface area contributed by atoms with Crippen molar-refractivity contribution in [1.82, 2.24) is 0 Å². The van der Waals surface area contributed by atoms with Crippen molar-refractivity contribution in [1.29, 1.82) is 0 Å². The zero-order chi connectivity index (χ0) is 13.1. The van der Waals surface area contributed by atoms with Crippen LogP contribution in [0.2, 0.25) is 12.1 Å². The summed E-state index contributed by atoms with van der Waals surface area (Å²) in [5, 5.41) is 0. The summed E-state index contributed by atoms with van der Waals surface area (Å²) >= 11 is 11.0. The highest BCUT2D eigenvalue weighted by Gasteiger charge is 2.20. The maximum Gasteiger partial charge on any atom is 0.267 e. The van der Waals surface area contributed by atoms with Gasteiger partial charge in [0, 0.05) is 9.52 Å². The third-order valence-electron chi connectivity index (χ3n) is 2.72. The van der Waals surface area contributed by atoms with Gasteiger partial charge in [0.2, 0.25) is 0 Å². The highest BCUT2D eigenvalue weighted by molar-refractivity contribution is 9.72. The lowest BCUT2D eigenvalue weighted by molar-refractivity contribution is 0.623. The molecule has 0 N–H and O–H groups in total. The molecular weight excluding hydrogens is 440 g/mol. The molecule has 0 aliphatic rings. The molecule has 0 fully saturated rings. The second-order valence-corrected chi connectivity index (χ2v) is 30.1. The van der Waals surface area contributed by atoms with Crippen LogP contribution in [-0.4, -0.2) is 13.5 Å². The van der Waals surface area contributed by atoms with Gasteiger partial charge in [0.15, 0.2) is 0 Å². The molecule has 0 heterocycles. The minimum absolute atomic E-state index is 0.126. The van der Waals surface area contributed by atoms with Gasteiger partial charge >= 0.3 is 0 Å². The Balaban J connectivity index is 3.12. The molecule has 0 radical (unpaired) electrons. The van der Waals surface area contributed by atoms with Gasteiger partial charge in [-0.05, 0) is 19.9 Å². The second-order valence-electron chi connectivity index (χ2n) is 4.91. The van der Waals surface area contributed by atoms with E-state index in [0.717, 1.165) is 0 Å². The standard InChI is InChI=1S/C12H25Br3Si2/c1-12(2)11-16-9-7-5-3-4-6-8-10-17(13,14)15/h11H,3-10,16H2,1-2H3. The molecule has 0 aliphatic heterocycles. The Kier molecular flexibility index (Phi) is 12.5. The molecule has 0 aromatic carbocycles. The summed E-state index contributed by atoms with van der Waals surface area (Å²) in [6, 6.07) is 2.78. The molecule has 0 amide bonds. The number of hydrogen-bond donors (Lipinski definition) is 0. The topological polar surface area (TPSA) is 0 Å². The molecule has 5 heteroatoms. The van der Waals surface area contributed by atoms with E-state index in [4.69, 9.17) is 0 Å². The van der Waals surface area contributed by atoms with E-state index in [9.17, 15) is 0 Å². The average molecular weight is 465 g/mol. The van der Waals surface area contributed by atoms with E-state index in [1.165, 1.54) is 56.2 Å². The van der Waals surface area contributed by atoms with Gasteiger partial charge in [0.1, 0.15) is 0 Å². The van der Waals surface area contributed by atoms with Crippen LogP contribution >= 0.6 is 45.9 Å². The Morgan fingerprint density at radius 2 is 1.47 bits per heavy atom. The minimum Gasteiger partial charge on any atom is -0.103 e. The molecule has 0 saturated heterocycles. The SMILES string of the molecule is CC(C)=C[SiH2]CCCCCCCC[Si](Br)(Br)Br.